The molecule has 0 N–H and O–H groups in total. The number of methoxy groups -OCH3 is 1. The predicted molar refractivity (Wildman–Crippen MR) is 112 cm³/mol. The number of aryl methyl sites for hydroxylation is 2. The number of hydrogen-bond donors (Lipinski definition) is 0. The molecule has 0 saturated heterocycles. The van der Waals surface area contributed by atoms with Crippen LogP contribution in [0.25, 0.3) is 16.9 Å². The third-order valence-electron chi connectivity index (χ3n) is 5.38. The monoisotopic (exact) mass is 415 g/mol. The normalized spacial score (nSPS) is 11.8. The Bertz CT molecular complexity index is 1360. The summed E-state index contributed by atoms with van der Waals surface area (Å²) >= 11 is 6.06. The molecule has 1 aromatic carbocycles. The minimum Gasteiger partial charge on any atom is -0.383 e. The zero-order valence-corrected chi connectivity index (χ0v) is 17.5. The Morgan fingerprint density at radius 2 is 1.90 bits per heavy atom. The summed E-state index contributed by atoms with van der Waals surface area (Å²) in [6.45, 7) is 5.19. The Morgan fingerprint density at radius 3 is 2.59 bits per heavy atom. The molecule has 29 heavy (non-hydrogen) atoms. The predicted octanol–water partition coefficient (Wildman–Crippen LogP) is 2.11. The molecule has 4 aromatic rings. The molecule has 0 unspecified atom stereocenters. The number of hydrogen-bond acceptors (Lipinski definition) is 4. The first-order valence-electron chi connectivity index (χ1n) is 9.26. The molecule has 0 saturated carbocycles. The molecule has 152 valence electrons. The van der Waals surface area contributed by atoms with Crippen molar-refractivity contribution >= 4 is 28.5 Å². The molecule has 0 radical (unpaired) electrons. The summed E-state index contributed by atoms with van der Waals surface area (Å²) in [5.74, 6) is 0.625. The van der Waals surface area contributed by atoms with Gasteiger partial charge in [0.25, 0.3) is 5.56 Å². The smallest absolute Gasteiger partial charge is 0.332 e. The largest absolute Gasteiger partial charge is 0.383 e. The van der Waals surface area contributed by atoms with E-state index in [-0.39, 0.29) is 12.1 Å². The molecular weight excluding hydrogens is 394 g/mol. The van der Waals surface area contributed by atoms with Crippen molar-refractivity contribution in [3.8, 4) is 0 Å². The van der Waals surface area contributed by atoms with Gasteiger partial charge in [0.15, 0.2) is 11.2 Å². The Labute approximate surface area is 171 Å². The molecule has 0 fully saturated rings. The van der Waals surface area contributed by atoms with Crippen molar-refractivity contribution in [2.24, 2.45) is 7.05 Å². The fourth-order valence-corrected chi connectivity index (χ4v) is 3.94. The molecule has 0 aliphatic rings. The number of rotatable bonds is 5. The highest BCUT2D eigenvalue weighted by atomic mass is 35.5. The van der Waals surface area contributed by atoms with E-state index in [0.29, 0.717) is 35.1 Å². The van der Waals surface area contributed by atoms with Crippen LogP contribution in [0, 0.1) is 13.8 Å². The van der Waals surface area contributed by atoms with Gasteiger partial charge in [0.2, 0.25) is 5.78 Å². The third kappa shape index (κ3) is 2.99. The summed E-state index contributed by atoms with van der Waals surface area (Å²) in [5.41, 5.74) is 2.66. The molecule has 0 atom stereocenters. The zero-order valence-electron chi connectivity index (χ0n) is 16.8. The van der Waals surface area contributed by atoms with Gasteiger partial charge < -0.3 is 9.30 Å². The number of nitrogens with zero attached hydrogens (tertiary/aromatic N) is 5. The van der Waals surface area contributed by atoms with Crippen molar-refractivity contribution in [1.82, 2.24) is 23.1 Å². The van der Waals surface area contributed by atoms with Crippen molar-refractivity contribution in [2.45, 2.75) is 26.9 Å². The number of aromatic nitrogens is 5. The van der Waals surface area contributed by atoms with Crippen LogP contribution >= 0.6 is 11.6 Å². The highest BCUT2D eigenvalue weighted by Crippen LogP contribution is 2.20. The summed E-state index contributed by atoms with van der Waals surface area (Å²) in [5, 5.41) is 0.557. The van der Waals surface area contributed by atoms with E-state index in [4.69, 9.17) is 16.3 Å². The zero-order chi connectivity index (χ0) is 20.9. The quantitative estimate of drug-likeness (QED) is 0.500. The number of fused-ring (bicyclic) bond motifs is 3. The number of benzene rings is 1. The Hall–Kier alpha value is -2.84. The van der Waals surface area contributed by atoms with Gasteiger partial charge in [-0.1, -0.05) is 23.7 Å². The molecule has 3 heterocycles. The molecule has 9 heteroatoms. The lowest BCUT2D eigenvalue weighted by Gasteiger charge is -2.09. The molecule has 0 spiro atoms. The van der Waals surface area contributed by atoms with Gasteiger partial charge in [-0.3, -0.25) is 18.3 Å². The lowest BCUT2D eigenvalue weighted by molar-refractivity contribution is 0.187. The van der Waals surface area contributed by atoms with Crippen molar-refractivity contribution in [2.75, 3.05) is 13.7 Å². The van der Waals surface area contributed by atoms with Crippen LogP contribution in [-0.2, 0) is 24.9 Å². The topological polar surface area (TPSA) is 75.5 Å². The molecule has 0 bridgehead atoms. The minimum atomic E-state index is -0.416. The van der Waals surface area contributed by atoms with E-state index < -0.39 is 5.69 Å². The highest BCUT2D eigenvalue weighted by molar-refractivity contribution is 6.30. The van der Waals surface area contributed by atoms with Gasteiger partial charge in [-0.15, -0.1) is 0 Å². The van der Waals surface area contributed by atoms with Crippen LogP contribution in [0.3, 0.4) is 0 Å². The first-order chi connectivity index (χ1) is 13.8. The lowest BCUT2D eigenvalue weighted by Crippen LogP contribution is -2.39. The SMILES string of the molecule is COCCn1c(C)c(C)n2c3c(=O)n(Cc4cccc(Cl)c4)c(=O)n(C)c3nc12. The van der Waals surface area contributed by atoms with E-state index in [1.807, 2.05) is 28.9 Å². The Morgan fingerprint density at radius 1 is 1.14 bits per heavy atom. The maximum absolute atomic E-state index is 13.4. The van der Waals surface area contributed by atoms with Crippen molar-refractivity contribution in [1.29, 1.82) is 0 Å². The Kier molecular flexibility index (Phi) is 4.84. The third-order valence-corrected chi connectivity index (χ3v) is 5.61. The first kappa shape index (κ1) is 19.5. The molecular formula is C20H22ClN5O3. The maximum atomic E-state index is 13.4. The van der Waals surface area contributed by atoms with Crippen LogP contribution in [-0.4, -0.2) is 36.8 Å². The minimum absolute atomic E-state index is 0.137. The molecule has 4 rings (SSSR count). The Balaban J connectivity index is 2.02. The number of imidazole rings is 2. The van der Waals surface area contributed by atoms with Crippen LogP contribution in [0.5, 0.6) is 0 Å². The van der Waals surface area contributed by atoms with Gasteiger partial charge >= 0.3 is 5.69 Å². The van der Waals surface area contributed by atoms with Crippen molar-refractivity contribution in [3.05, 3.63) is 67.1 Å². The fraction of sp³-hybridized carbons (Fsp3) is 0.350. The van der Waals surface area contributed by atoms with E-state index >= 15 is 0 Å². The number of halogens is 1. The van der Waals surface area contributed by atoms with Gasteiger partial charge in [-0.2, -0.15) is 4.98 Å². The fourth-order valence-electron chi connectivity index (χ4n) is 3.72. The first-order valence-corrected chi connectivity index (χ1v) is 9.64. The second-order valence-corrected chi connectivity index (χ2v) is 7.53. The van der Waals surface area contributed by atoms with Crippen LogP contribution in [0.4, 0.5) is 0 Å². The average Bonchev–Trinajstić information content (AvgIpc) is 3.19. The summed E-state index contributed by atoms with van der Waals surface area (Å²) in [6, 6.07) is 7.14. The van der Waals surface area contributed by atoms with Crippen molar-refractivity contribution < 1.29 is 4.74 Å². The standard InChI is InChI=1S/C20H22ClN5O3/c1-12-13(2)26-16-17(22-19(26)24(12)8-9-29-4)23(3)20(28)25(18(16)27)11-14-6-5-7-15(21)10-14/h5-7,10H,8-9,11H2,1-4H3. The summed E-state index contributed by atoms with van der Waals surface area (Å²) in [6.07, 6.45) is 0. The summed E-state index contributed by atoms with van der Waals surface area (Å²) in [7, 11) is 3.27. The lowest BCUT2D eigenvalue weighted by atomic mass is 10.2. The highest BCUT2D eigenvalue weighted by Gasteiger charge is 2.22. The van der Waals surface area contributed by atoms with Crippen LogP contribution < -0.4 is 11.2 Å². The van der Waals surface area contributed by atoms with Gasteiger partial charge in [-0.25, -0.2) is 4.79 Å². The van der Waals surface area contributed by atoms with Gasteiger partial charge in [0.05, 0.1) is 13.2 Å². The summed E-state index contributed by atoms with van der Waals surface area (Å²) < 4.78 is 11.7. The molecule has 8 nitrogen and oxygen atoms in total. The average molecular weight is 416 g/mol. The maximum Gasteiger partial charge on any atom is 0.332 e. The molecule has 0 aliphatic heterocycles. The second kappa shape index (κ2) is 7.20. The van der Waals surface area contributed by atoms with E-state index in [1.165, 1.54) is 9.13 Å². The number of ether oxygens (including phenoxy) is 1. The van der Waals surface area contributed by atoms with Gasteiger partial charge in [0, 0.05) is 37.1 Å². The van der Waals surface area contributed by atoms with Crippen molar-refractivity contribution in [3.63, 3.8) is 0 Å². The van der Waals surface area contributed by atoms with E-state index in [1.54, 1.807) is 32.4 Å². The van der Waals surface area contributed by atoms with Crippen LogP contribution in [0.15, 0.2) is 33.9 Å². The molecule has 3 aromatic heterocycles. The molecule has 0 aliphatic carbocycles. The van der Waals surface area contributed by atoms with E-state index in [0.717, 1.165) is 17.0 Å². The van der Waals surface area contributed by atoms with Crippen LogP contribution in [0.1, 0.15) is 17.0 Å². The summed E-state index contributed by atoms with van der Waals surface area (Å²) in [4.78, 5) is 30.9. The van der Waals surface area contributed by atoms with E-state index in [9.17, 15) is 9.59 Å². The molecule has 0 amide bonds. The van der Waals surface area contributed by atoms with E-state index in [2.05, 4.69) is 4.98 Å². The van der Waals surface area contributed by atoms with Gasteiger partial charge in [0.1, 0.15) is 0 Å². The van der Waals surface area contributed by atoms with Gasteiger partial charge in [-0.05, 0) is 31.5 Å². The second-order valence-electron chi connectivity index (χ2n) is 7.10. The van der Waals surface area contributed by atoms with Crippen LogP contribution in [0.2, 0.25) is 5.02 Å².